The predicted molar refractivity (Wildman–Crippen MR) is 61.7 cm³/mol. The zero-order valence-electron chi connectivity index (χ0n) is 9.90. The van der Waals surface area contributed by atoms with Crippen LogP contribution < -0.4 is 11.5 Å². The Balaban J connectivity index is 0.000000327. The lowest BCUT2D eigenvalue weighted by atomic mass is 9.92. The lowest BCUT2D eigenvalue weighted by Crippen LogP contribution is -2.43. The maximum atomic E-state index is 9.77. The van der Waals surface area contributed by atoms with Crippen LogP contribution in [0.5, 0.6) is 0 Å². The fourth-order valence-electron chi connectivity index (χ4n) is 1.46. The van der Waals surface area contributed by atoms with E-state index in [9.17, 15) is 9.59 Å². The van der Waals surface area contributed by atoms with Crippen LogP contribution in [-0.4, -0.2) is 56.7 Å². The second-order valence-electron chi connectivity index (χ2n) is 4.18. The smallest absolute Gasteiger partial charge is 0.335 e. The van der Waals surface area contributed by atoms with Gasteiger partial charge < -0.3 is 31.9 Å². The molecule has 0 aromatic rings. The SMILES string of the molecule is N[C@@H]1CCCC[C@H]1N.O=C(O)[C@@H](O)[C@H](O)C(=O)O. The van der Waals surface area contributed by atoms with Crippen LogP contribution in [0, 0.1) is 0 Å². The molecule has 1 aliphatic carbocycles. The Morgan fingerprint density at radius 3 is 1.33 bits per heavy atom. The Bertz CT molecular complexity index is 258. The summed E-state index contributed by atoms with van der Waals surface area (Å²) < 4.78 is 0. The van der Waals surface area contributed by atoms with Crippen molar-refractivity contribution in [1.29, 1.82) is 0 Å². The molecule has 0 bridgehead atoms. The van der Waals surface area contributed by atoms with Crippen LogP contribution in [0.3, 0.4) is 0 Å². The molecule has 0 amide bonds. The summed E-state index contributed by atoms with van der Waals surface area (Å²) in [6, 6.07) is 0.562. The minimum absolute atomic E-state index is 0.281. The van der Waals surface area contributed by atoms with E-state index < -0.39 is 24.1 Å². The maximum Gasteiger partial charge on any atom is 0.335 e. The van der Waals surface area contributed by atoms with E-state index >= 15 is 0 Å². The molecular weight excluding hydrogens is 244 g/mol. The van der Waals surface area contributed by atoms with Gasteiger partial charge >= 0.3 is 11.9 Å². The van der Waals surface area contributed by atoms with Crippen molar-refractivity contribution in [2.45, 2.75) is 50.0 Å². The number of carbonyl (C=O) groups is 2. The van der Waals surface area contributed by atoms with Gasteiger partial charge in [-0.05, 0) is 12.8 Å². The summed E-state index contributed by atoms with van der Waals surface area (Å²) in [7, 11) is 0. The molecule has 1 aliphatic rings. The topological polar surface area (TPSA) is 167 Å². The summed E-state index contributed by atoms with van der Waals surface area (Å²) in [4.78, 5) is 19.5. The van der Waals surface area contributed by atoms with Crippen LogP contribution in [0.2, 0.25) is 0 Å². The maximum absolute atomic E-state index is 9.77. The highest BCUT2D eigenvalue weighted by atomic mass is 16.4. The number of aliphatic hydroxyl groups is 2. The van der Waals surface area contributed by atoms with Gasteiger partial charge in [-0.15, -0.1) is 0 Å². The molecule has 0 spiro atoms. The van der Waals surface area contributed by atoms with E-state index in [1.807, 2.05) is 0 Å². The van der Waals surface area contributed by atoms with Gasteiger partial charge in [0.25, 0.3) is 0 Å². The number of nitrogens with two attached hydrogens (primary N) is 2. The van der Waals surface area contributed by atoms with Gasteiger partial charge in [-0.2, -0.15) is 0 Å². The molecule has 8 N–H and O–H groups in total. The molecule has 8 heteroatoms. The molecule has 0 aromatic carbocycles. The minimum Gasteiger partial charge on any atom is -0.479 e. The van der Waals surface area contributed by atoms with Crippen LogP contribution in [-0.2, 0) is 9.59 Å². The quantitative estimate of drug-likeness (QED) is 0.343. The summed E-state index contributed by atoms with van der Waals surface area (Å²) in [5.41, 5.74) is 11.3. The Morgan fingerprint density at radius 2 is 1.17 bits per heavy atom. The van der Waals surface area contributed by atoms with Gasteiger partial charge in [-0.25, -0.2) is 9.59 Å². The first-order chi connectivity index (χ1) is 8.27. The summed E-state index contributed by atoms with van der Waals surface area (Å²) in [5.74, 6) is -3.54. The summed E-state index contributed by atoms with van der Waals surface area (Å²) in [6.45, 7) is 0. The molecule has 0 radical (unpaired) electrons. The van der Waals surface area contributed by atoms with Crippen LogP contribution in [0.1, 0.15) is 25.7 Å². The van der Waals surface area contributed by atoms with Crippen molar-refractivity contribution in [3.63, 3.8) is 0 Å². The first kappa shape index (κ1) is 16.8. The molecule has 4 atom stereocenters. The lowest BCUT2D eigenvalue weighted by molar-refractivity contribution is -0.165. The van der Waals surface area contributed by atoms with Gasteiger partial charge in [0.2, 0.25) is 0 Å². The van der Waals surface area contributed by atoms with Gasteiger partial charge in [-0.3, -0.25) is 0 Å². The number of carboxylic acids is 2. The number of hydrogen-bond donors (Lipinski definition) is 6. The fourth-order valence-corrected chi connectivity index (χ4v) is 1.46. The molecule has 1 rings (SSSR count). The van der Waals surface area contributed by atoms with E-state index in [0.717, 1.165) is 12.8 Å². The third-order valence-electron chi connectivity index (χ3n) is 2.68. The standard InChI is InChI=1S/C6H14N2.C4H6O6/c7-5-3-1-2-4-6(5)8;5-1(3(7)8)2(6)4(9)10/h5-6H,1-4,7-8H2;1-2,5-6H,(H,7,8)(H,9,10)/t5-,6-;1-,2-/m10/s1. The van der Waals surface area contributed by atoms with E-state index in [1.54, 1.807) is 0 Å². The zero-order valence-corrected chi connectivity index (χ0v) is 9.90. The third-order valence-corrected chi connectivity index (χ3v) is 2.68. The van der Waals surface area contributed by atoms with E-state index in [-0.39, 0.29) is 12.1 Å². The average Bonchev–Trinajstić information content (AvgIpc) is 2.31. The van der Waals surface area contributed by atoms with Crippen LogP contribution in [0.25, 0.3) is 0 Å². The summed E-state index contributed by atoms with van der Waals surface area (Å²) in [6.07, 6.45) is 0.265. The van der Waals surface area contributed by atoms with Crippen molar-refractivity contribution in [2.24, 2.45) is 11.5 Å². The second-order valence-corrected chi connectivity index (χ2v) is 4.18. The van der Waals surface area contributed by atoms with Crippen molar-refractivity contribution in [3.05, 3.63) is 0 Å². The number of aliphatic carboxylic acids is 2. The van der Waals surface area contributed by atoms with Gasteiger partial charge in [-0.1, -0.05) is 12.8 Å². The molecule has 0 aromatic heterocycles. The highest BCUT2D eigenvalue weighted by molar-refractivity contribution is 5.83. The van der Waals surface area contributed by atoms with Crippen molar-refractivity contribution < 1.29 is 30.0 Å². The number of aliphatic hydroxyl groups excluding tert-OH is 2. The molecular formula is C10H20N2O6. The van der Waals surface area contributed by atoms with Gasteiger partial charge in [0.1, 0.15) is 0 Å². The molecule has 0 aliphatic heterocycles. The first-order valence-corrected chi connectivity index (χ1v) is 5.60. The lowest BCUT2D eigenvalue weighted by Gasteiger charge is -2.24. The van der Waals surface area contributed by atoms with E-state index in [2.05, 4.69) is 0 Å². The Kier molecular flexibility index (Phi) is 7.44. The minimum atomic E-state index is -2.27. The van der Waals surface area contributed by atoms with Crippen molar-refractivity contribution >= 4 is 11.9 Å². The molecule has 8 nitrogen and oxygen atoms in total. The van der Waals surface area contributed by atoms with Crippen LogP contribution in [0.15, 0.2) is 0 Å². The first-order valence-electron chi connectivity index (χ1n) is 5.60. The van der Waals surface area contributed by atoms with Crippen LogP contribution in [0.4, 0.5) is 0 Å². The third kappa shape index (κ3) is 5.92. The number of hydrogen-bond acceptors (Lipinski definition) is 6. The molecule has 18 heavy (non-hydrogen) atoms. The van der Waals surface area contributed by atoms with Gasteiger partial charge in [0.05, 0.1) is 0 Å². The fraction of sp³-hybridized carbons (Fsp3) is 0.800. The Labute approximate surface area is 104 Å². The van der Waals surface area contributed by atoms with Crippen LogP contribution >= 0.6 is 0 Å². The molecule has 1 fully saturated rings. The molecule has 0 saturated heterocycles. The highest BCUT2D eigenvalue weighted by Crippen LogP contribution is 2.14. The van der Waals surface area contributed by atoms with Gasteiger partial charge in [0, 0.05) is 12.1 Å². The predicted octanol–water partition coefficient (Wildman–Crippen LogP) is -1.91. The molecule has 1 saturated carbocycles. The van der Waals surface area contributed by atoms with E-state index in [1.165, 1.54) is 12.8 Å². The Hall–Kier alpha value is -1.22. The van der Waals surface area contributed by atoms with Gasteiger partial charge in [0.15, 0.2) is 12.2 Å². The summed E-state index contributed by atoms with van der Waals surface area (Å²) in [5, 5.41) is 32.5. The highest BCUT2D eigenvalue weighted by Gasteiger charge is 2.29. The van der Waals surface area contributed by atoms with Crippen molar-refractivity contribution in [1.82, 2.24) is 0 Å². The number of carboxylic acid groups (broad SMARTS) is 2. The monoisotopic (exact) mass is 264 g/mol. The zero-order chi connectivity index (χ0) is 14.3. The van der Waals surface area contributed by atoms with E-state index in [4.69, 9.17) is 31.9 Å². The molecule has 106 valence electrons. The summed E-state index contributed by atoms with van der Waals surface area (Å²) >= 11 is 0. The number of rotatable bonds is 3. The second kappa shape index (κ2) is 7.98. The molecule has 0 unspecified atom stereocenters. The average molecular weight is 264 g/mol. The van der Waals surface area contributed by atoms with Crippen molar-refractivity contribution in [2.75, 3.05) is 0 Å². The molecule has 0 heterocycles. The Morgan fingerprint density at radius 1 is 0.889 bits per heavy atom. The van der Waals surface area contributed by atoms with E-state index in [0.29, 0.717) is 0 Å². The largest absolute Gasteiger partial charge is 0.479 e. The normalized spacial score (nSPS) is 26.4. The van der Waals surface area contributed by atoms with Crippen molar-refractivity contribution in [3.8, 4) is 0 Å².